The van der Waals surface area contributed by atoms with Crippen molar-refractivity contribution in [2.45, 2.75) is 52.2 Å². The molecule has 0 heterocycles. The van der Waals surface area contributed by atoms with Crippen molar-refractivity contribution in [3.8, 4) is 0 Å². The second kappa shape index (κ2) is 9.71. The van der Waals surface area contributed by atoms with Gasteiger partial charge in [0, 0.05) is 28.7 Å². The van der Waals surface area contributed by atoms with E-state index >= 15 is 0 Å². The van der Waals surface area contributed by atoms with E-state index in [1.54, 1.807) is 49.4 Å². The van der Waals surface area contributed by atoms with Gasteiger partial charge in [0.15, 0.2) is 0 Å². The predicted octanol–water partition coefficient (Wildman–Crippen LogP) is 4.12. The van der Waals surface area contributed by atoms with Crippen LogP contribution in [0, 0.1) is 10.1 Å². The quantitative estimate of drug-likeness (QED) is 0.527. The minimum atomic E-state index is -0.796. The molecule has 0 unspecified atom stereocenters. The summed E-state index contributed by atoms with van der Waals surface area (Å²) in [5, 5.41) is 14.7. The van der Waals surface area contributed by atoms with Crippen molar-refractivity contribution in [2.24, 2.45) is 0 Å². The molecule has 2 rings (SSSR count). The van der Waals surface area contributed by atoms with Crippen molar-refractivity contribution >= 4 is 29.1 Å². The molecule has 160 valence electrons. The molecule has 0 aliphatic heterocycles. The number of halogens is 1. The third-order valence-electron chi connectivity index (χ3n) is 4.49. The van der Waals surface area contributed by atoms with E-state index < -0.39 is 22.4 Å². The number of hydrogen-bond donors (Lipinski definition) is 1. The van der Waals surface area contributed by atoms with Crippen LogP contribution in [0.3, 0.4) is 0 Å². The first-order chi connectivity index (χ1) is 14.0. The Labute approximate surface area is 181 Å². The Kier molecular flexibility index (Phi) is 7.56. The van der Waals surface area contributed by atoms with Gasteiger partial charge in [-0.1, -0.05) is 48.0 Å². The Morgan fingerprint density at radius 3 is 2.23 bits per heavy atom. The minimum absolute atomic E-state index is 0.109. The van der Waals surface area contributed by atoms with Crippen LogP contribution in [0.15, 0.2) is 48.5 Å². The van der Waals surface area contributed by atoms with Gasteiger partial charge in [0.05, 0.1) is 11.3 Å². The van der Waals surface area contributed by atoms with Crippen LogP contribution in [0.2, 0.25) is 5.02 Å². The Hall–Kier alpha value is -2.93. The number of para-hydroxylation sites is 1. The second-order valence-electron chi connectivity index (χ2n) is 8.09. The number of carbonyl (C=O) groups is 2. The molecule has 8 heteroatoms. The number of carbonyl (C=O) groups excluding carboxylic acids is 2. The molecule has 0 bridgehead atoms. The molecule has 1 N–H and O–H groups in total. The Bertz CT molecular complexity index is 940. The normalized spacial score (nSPS) is 12.2. The molecule has 30 heavy (non-hydrogen) atoms. The summed E-state index contributed by atoms with van der Waals surface area (Å²) in [6.07, 6.45) is -0.200. The maximum atomic E-state index is 13.2. The van der Waals surface area contributed by atoms with Crippen LogP contribution < -0.4 is 5.32 Å². The van der Waals surface area contributed by atoms with Crippen molar-refractivity contribution in [1.29, 1.82) is 0 Å². The molecule has 2 aromatic rings. The van der Waals surface area contributed by atoms with Crippen LogP contribution in [0.1, 0.15) is 38.8 Å². The fraction of sp³-hybridized carbons (Fsp3) is 0.364. The van der Waals surface area contributed by atoms with Crippen LogP contribution in [0.25, 0.3) is 0 Å². The molecule has 7 nitrogen and oxygen atoms in total. The smallest absolute Gasteiger partial charge is 0.273 e. The summed E-state index contributed by atoms with van der Waals surface area (Å²) < 4.78 is 0. The summed E-state index contributed by atoms with van der Waals surface area (Å²) >= 11 is 6.26. The third kappa shape index (κ3) is 6.29. The van der Waals surface area contributed by atoms with Gasteiger partial charge in [0.25, 0.3) is 5.69 Å². The van der Waals surface area contributed by atoms with E-state index in [9.17, 15) is 19.7 Å². The van der Waals surface area contributed by atoms with Gasteiger partial charge in [0.1, 0.15) is 6.04 Å². The van der Waals surface area contributed by atoms with Gasteiger partial charge < -0.3 is 10.2 Å². The van der Waals surface area contributed by atoms with E-state index in [1.165, 1.54) is 11.0 Å². The van der Waals surface area contributed by atoms with E-state index in [0.29, 0.717) is 16.1 Å². The molecule has 0 aliphatic carbocycles. The first-order valence-electron chi connectivity index (χ1n) is 9.57. The number of nitrogens with zero attached hydrogens (tertiary/aromatic N) is 2. The number of rotatable bonds is 7. The number of nitro groups is 1. The standard InChI is InChI=1S/C22H26ClN3O4/c1-15(21(28)24-22(2,3)4)25(14-17-10-5-7-11-18(17)23)20(27)13-16-9-6-8-12-19(16)26(29)30/h5-12,15H,13-14H2,1-4H3,(H,24,28)/t15-/m0/s1. The summed E-state index contributed by atoms with van der Waals surface area (Å²) in [5.41, 5.74) is 0.378. The fourth-order valence-electron chi connectivity index (χ4n) is 2.97. The maximum absolute atomic E-state index is 13.2. The van der Waals surface area contributed by atoms with E-state index in [4.69, 9.17) is 11.6 Å². The van der Waals surface area contributed by atoms with Crippen molar-refractivity contribution in [2.75, 3.05) is 0 Å². The molecular formula is C22H26ClN3O4. The maximum Gasteiger partial charge on any atom is 0.273 e. The SMILES string of the molecule is C[C@@H](C(=O)NC(C)(C)C)N(Cc1ccccc1Cl)C(=O)Cc1ccccc1[N+](=O)[O-]. The lowest BCUT2D eigenvalue weighted by molar-refractivity contribution is -0.385. The molecule has 2 amide bonds. The summed E-state index contributed by atoms with van der Waals surface area (Å²) in [6.45, 7) is 7.30. The lowest BCUT2D eigenvalue weighted by atomic mass is 10.1. The van der Waals surface area contributed by atoms with Gasteiger partial charge in [-0.3, -0.25) is 19.7 Å². The summed E-state index contributed by atoms with van der Waals surface area (Å²) in [7, 11) is 0. The topological polar surface area (TPSA) is 92.6 Å². The number of nitro benzene ring substituents is 1. The van der Waals surface area contributed by atoms with Crippen molar-refractivity contribution in [1.82, 2.24) is 10.2 Å². The molecule has 0 fully saturated rings. The van der Waals surface area contributed by atoms with Crippen LogP contribution in [-0.2, 0) is 22.6 Å². The summed E-state index contributed by atoms with van der Waals surface area (Å²) in [6, 6.07) is 12.4. The van der Waals surface area contributed by atoms with E-state index in [-0.39, 0.29) is 24.6 Å². The van der Waals surface area contributed by atoms with Crippen LogP contribution in [-0.4, -0.2) is 33.2 Å². The van der Waals surface area contributed by atoms with Gasteiger partial charge in [-0.25, -0.2) is 0 Å². The first-order valence-corrected chi connectivity index (χ1v) is 9.94. The zero-order chi connectivity index (χ0) is 22.5. The van der Waals surface area contributed by atoms with E-state index in [0.717, 1.165) is 0 Å². The zero-order valence-corrected chi connectivity index (χ0v) is 18.3. The van der Waals surface area contributed by atoms with E-state index in [2.05, 4.69) is 5.32 Å². The van der Waals surface area contributed by atoms with Crippen molar-refractivity contribution in [3.63, 3.8) is 0 Å². The third-order valence-corrected chi connectivity index (χ3v) is 4.86. The molecule has 0 saturated carbocycles. The lowest BCUT2D eigenvalue weighted by Gasteiger charge is -2.31. The first kappa shape index (κ1) is 23.3. The van der Waals surface area contributed by atoms with Crippen LogP contribution in [0.4, 0.5) is 5.69 Å². The zero-order valence-electron chi connectivity index (χ0n) is 17.5. The molecule has 0 aromatic heterocycles. The van der Waals surface area contributed by atoms with Crippen LogP contribution in [0.5, 0.6) is 0 Å². The number of benzene rings is 2. The number of hydrogen-bond acceptors (Lipinski definition) is 4. The highest BCUT2D eigenvalue weighted by atomic mass is 35.5. The van der Waals surface area contributed by atoms with Gasteiger partial charge >= 0.3 is 0 Å². The molecule has 0 aliphatic rings. The average Bonchev–Trinajstić information content (AvgIpc) is 2.65. The highest BCUT2D eigenvalue weighted by Gasteiger charge is 2.30. The fourth-order valence-corrected chi connectivity index (χ4v) is 3.17. The highest BCUT2D eigenvalue weighted by Crippen LogP contribution is 2.22. The van der Waals surface area contributed by atoms with Gasteiger partial charge in [-0.05, 0) is 39.3 Å². The molecule has 1 atom stereocenters. The molecule has 0 radical (unpaired) electrons. The van der Waals surface area contributed by atoms with Crippen LogP contribution >= 0.6 is 11.6 Å². The second-order valence-corrected chi connectivity index (χ2v) is 8.50. The number of nitrogens with one attached hydrogen (secondary N) is 1. The van der Waals surface area contributed by atoms with Gasteiger partial charge in [-0.2, -0.15) is 0 Å². The Balaban J connectivity index is 2.35. The summed E-state index contributed by atoms with van der Waals surface area (Å²) in [4.78, 5) is 38.1. The van der Waals surface area contributed by atoms with Crippen molar-refractivity contribution in [3.05, 3.63) is 74.8 Å². The molecule has 2 aromatic carbocycles. The monoisotopic (exact) mass is 431 g/mol. The number of amides is 2. The lowest BCUT2D eigenvalue weighted by Crippen LogP contribution is -2.52. The summed E-state index contributed by atoms with van der Waals surface area (Å²) in [5.74, 6) is -0.716. The highest BCUT2D eigenvalue weighted by molar-refractivity contribution is 6.31. The Morgan fingerprint density at radius 1 is 1.10 bits per heavy atom. The molecule has 0 saturated heterocycles. The van der Waals surface area contributed by atoms with E-state index in [1.807, 2.05) is 20.8 Å². The largest absolute Gasteiger partial charge is 0.350 e. The van der Waals surface area contributed by atoms with Crippen molar-refractivity contribution < 1.29 is 14.5 Å². The predicted molar refractivity (Wildman–Crippen MR) is 116 cm³/mol. The average molecular weight is 432 g/mol. The van der Waals surface area contributed by atoms with Gasteiger partial charge in [-0.15, -0.1) is 0 Å². The molecule has 0 spiro atoms. The Morgan fingerprint density at radius 2 is 1.67 bits per heavy atom. The molecular weight excluding hydrogens is 406 g/mol. The minimum Gasteiger partial charge on any atom is -0.350 e. The van der Waals surface area contributed by atoms with Gasteiger partial charge in [0.2, 0.25) is 11.8 Å².